The van der Waals surface area contributed by atoms with Crippen molar-refractivity contribution in [2.45, 2.75) is 20.0 Å². The molecule has 116 valence electrons. The molecule has 2 aromatic heterocycles. The number of rotatable bonds is 8. The van der Waals surface area contributed by atoms with Gasteiger partial charge in [-0.3, -0.25) is 4.68 Å². The van der Waals surface area contributed by atoms with Crippen LogP contribution in [0.2, 0.25) is 0 Å². The zero-order chi connectivity index (χ0) is 15.2. The summed E-state index contributed by atoms with van der Waals surface area (Å²) in [6.45, 7) is 5.35. The molecule has 0 aliphatic heterocycles. The summed E-state index contributed by atoms with van der Waals surface area (Å²) in [5.74, 6) is 1.17. The summed E-state index contributed by atoms with van der Waals surface area (Å²) in [6, 6.07) is 4.26. The van der Waals surface area contributed by atoms with Crippen LogP contribution in [0.3, 0.4) is 0 Å². The van der Waals surface area contributed by atoms with Gasteiger partial charge in [0.1, 0.15) is 5.82 Å². The van der Waals surface area contributed by atoms with Crippen LogP contribution in [-0.4, -0.2) is 37.1 Å². The second-order valence-corrected chi connectivity index (χ2v) is 6.15. The van der Waals surface area contributed by atoms with Gasteiger partial charge in [-0.15, -0.1) is 11.3 Å². The Morgan fingerprint density at radius 1 is 1.48 bits per heavy atom. The normalized spacial score (nSPS) is 11.0. The Balaban J connectivity index is 2.09. The molecule has 2 aromatic rings. The molecule has 6 heteroatoms. The van der Waals surface area contributed by atoms with E-state index in [0.29, 0.717) is 0 Å². The zero-order valence-corrected chi connectivity index (χ0v) is 14.0. The Morgan fingerprint density at radius 2 is 2.29 bits per heavy atom. The second kappa shape index (κ2) is 7.59. The topological polar surface area (TPSA) is 42.3 Å². The number of ether oxygens (including phenoxy) is 1. The van der Waals surface area contributed by atoms with Gasteiger partial charge in [0.2, 0.25) is 0 Å². The van der Waals surface area contributed by atoms with Gasteiger partial charge in [0.05, 0.1) is 18.8 Å². The molecular weight excluding hydrogens is 284 g/mol. The number of hydrogen-bond acceptors (Lipinski definition) is 5. The van der Waals surface area contributed by atoms with Crippen LogP contribution >= 0.6 is 11.3 Å². The molecule has 0 aromatic carbocycles. The van der Waals surface area contributed by atoms with Gasteiger partial charge in [0.15, 0.2) is 0 Å². The predicted molar refractivity (Wildman–Crippen MR) is 88.0 cm³/mol. The number of anilines is 1. The average molecular weight is 308 g/mol. The highest BCUT2D eigenvalue weighted by Crippen LogP contribution is 2.24. The lowest BCUT2D eigenvalue weighted by Gasteiger charge is -2.20. The molecule has 0 aliphatic rings. The highest BCUT2D eigenvalue weighted by atomic mass is 32.1. The smallest absolute Gasteiger partial charge is 0.131 e. The van der Waals surface area contributed by atoms with Crippen LogP contribution in [0.25, 0.3) is 0 Å². The molecule has 0 amide bonds. The zero-order valence-electron chi connectivity index (χ0n) is 13.2. The first-order chi connectivity index (χ1) is 10.1. The third-order valence-electron chi connectivity index (χ3n) is 3.43. The van der Waals surface area contributed by atoms with Crippen LogP contribution in [0.5, 0.6) is 0 Å². The largest absolute Gasteiger partial charge is 0.383 e. The number of nitrogens with one attached hydrogen (secondary N) is 1. The quantitative estimate of drug-likeness (QED) is 0.759. The second-order valence-electron chi connectivity index (χ2n) is 5.12. The first kappa shape index (κ1) is 16.0. The highest BCUT2D eigenvalue weighted by Gasteiger charge is 2.17. The van der Waals surface area contributed by atoms with Crippen molar-refractivity contribution < 1.29 is 4.74 Å². The Hall–Kier alpha value is -1.37. The summed E-state index contributed by atoms with van der Waals surface area (Å²) in [6.07, 6.45) is 0. The third-order valence-corrected chi connectivity index (χ3v) is 4.29. The summed E-state index contributed by atoms with van der Waals surface area (Å²) in [5.41, 5.74) is 2.34. The van der Waals surface area contributed by atoms with Gasteiger partial charge < -0.3 is 15.0 Å². The van der Waals surface area contributed by atoms with Crippen molar-refractivity contribution in [2.75, 3.05) is 32.2 Å². The minimum atomic E-state index is 0.722. The number of nitrogens with zero attached hydrogens (tertiary/aromatic N) is 3. The summed E-state index contributed by atoms with van der Waals surface area (Å²) in [7, 11) is 5.85. The van der Waals surface area contributed by atoms with E-state index in [0.717, 1.165) is 31.9 Å². The van der Waals surface area contributed by atoms with Crippen LogP contribution in [0, 0.1) is 6.92 Å². The number of thiophene rings is 1. The Kier molecular flexibility index (Phi) is 5.78. The molecule has 21 heavy (non-hydrogen) atoms. The van der Waals surface area contributed by atoms with Crippen LogP contribution in [-0.2, 0) is 24.9 Å². The Morgan fingerprint density at radius 3 is 2.95 bits per heavy atom. The SMILES string of the molecule is COCCNCc1c(C)nn(C)c1N(C)Cc1cccs1. The van der Waals surface area contributed by atoms with Crippen molar-refractivity contribution in [1.29, 1.82) is 0 Å². The number of hydrogen-bond donors (Lipinski definition) is 1. The van der Waals surface area contributed by atoms with Crippen LogP contribution < -0.4 is 10.2 Å². The van der Waals surface area contributed by atoms with Crippen molar-refractivity contribution in [1.82, 2.24) is 15.1 Å². The lowest BCUT2D eigenvalue weighted by molar-refractivity contribution is 0.199. The minimum Gasteiger partial charge on any atom is -0.383 e. The van der Waals surface area contributed by atoms with E-state index < -0.39 is 0 Å². The lowest BCUT2D eigenvalue weighted by Crippen LogP contribution is -2.23. The summed E-state index contributed by atoms with van der Waals surface area (Å²) >= 11 is 1.79. The molecule has 0 atom stereocenters. The highest BCUT2D eigenvalue weighted by molar-refractivity contribution is 7.09. The molecule has 0 saturated heterocycles. The molecule has 2 rings (SSSR count). The summed E-state index contributed by atoms with van der Waals surface area (Å²) in [4.78, 5) is 3.62. The first-order valence-corrected chi connectivity index (χ1v) is 7.97. The van der Waals surface area contributed by atoms with Crippen molar-refractivity contribution >= 4 is 17.2 Å². The number of aryl methyl sites for hydroxylation is 2. The molecule has 0 spiro atoms. The molecule has 0 fully saturated rings. The monoisotopic (exact) mass is 308 g/mol. The molecular formula is C15H24N4OS. The minimum absolute atomic E-state index is 0.722. The number of methoxy groups -OCH3 is 1. The fourth-order valence-electron chi connectivity index (χ4n) is 2.47. The molecule has 2 heterocycles. The van der Waals surface area contributed by atoms with Gasteiger partial charge in [-0.2, -0.15) is 5.10 Å². The number of aromatic nitrogens is 2. The first-order valence-electron chi connectivity index (χ1n) is 7.09. The summed E-state index contributed by atoms with van der Waals surface area (Å²) in [5, 5.41) is 10.1. The fourth-order valence-corrected chi connectivity index (χ4v) is 3.23. The molecule has 5 nitrogen and oxygen atoms in total. The van der Waals surface area contributed by atoms with Gasteiger partial charge in [0, 0.05) is 44.7 Å². The van der Waals surface area contributed by atoms with Crippen molar-refractivity contribution in [3.05, 3.63) is 33.6 Å². The van der Waals surface area contributed by atoms with Gasteiger partial charge in [-0.1, -0.05) is 6.07 Å². The molecule has 0 saturated carbocycles. The molecule has 1 N–H and O–H groups in total. The van der Waals surface area contributed by atoms with Crippen LogP contribution in [0.4, 0.5) is 5.82 Å². The average Bonchev–Trinajstić information content (AvgIpc) is 3.03. The van der Waals surface area contributed by atoms with E-state index in [-0.39, 0.29) is 0 Å². The fraction of sp³-hybridized carbons (Fsp3) is 0.533. The van der Waals surface area contributed by atoms with E-state index in [1.165, 1.54) is 16.3 Å². The van der Waals surface area contributed by atoms with E-state index in [2.05, 4.69) is 46.8 Å². The van der Waals surface area contributed by atoms with E-state index >= 15 is 0 Å². The van der Waals surface area contributed by atoms with E-state index in [1.54, 1.807) is 18.4 Å². The predicted octanol–water partition coefficient (Wildman–Crippen LogP) is 2.16. The molecule has 0 unspecified atom stereocenters. The summed E-state index contributed by atoms with van der Waals surface area (Å²) < 4.78 is 7.04. The van der Waals surface area contributed by atoms with Gasteiger partial charge >= 0.3 is 0 Å². The van der Waals surface area contributed by atoms with Crippen molar-refractivity contribution in [3.63, 3.8) is 0 Å². The van der Waals surface area contributed by atoms with E-state index in [1.807, 2.05) is 11.7 Å². The maximum Gasteiger partial charge on any atom is 0.131 e. The standard InChI is InChI=1S/C15H24N4OS/c1-12-14(10-16-7-8-20-4)15(19(3)17-12)18(2)11-13-6-5-9-21-13/h5-6,9,16H,7-8,10-11H2,1-4H3. The van der Waals surface area contributed by atoms with Crippen LogP contribution in [0.1, 0.15) is 16.1 Å². The maximum absolute atomic E-state index is 5.07. The van der Waals surface area contributed by atoms with E-state index in [4.69, 9.17) is 4.74 Å². The van der Waals surface area contributed by atoms with E-state index in [9.17, 15) is 0 Å². The molecule has 0 bridgehead atoms. The Bertz CT molecular complexity index is 550. The Labute approximate surface area is 130 Å². The van der Waals surface area contributed by atoms with Crippen molar-refractivity contribution in [2.24, 2.45) is 7.05 Å². The van der Waals surface area contributed by atoms with Gasteiger partial charge in [-0.25, -0.2) is 0 Å². The van der Waals surface area contributed by atoms with Gasteiger partial charge in [-0.05, 0) is 18.4 Å². The third kappa shape index (κ3) is 4.06. The van der Waals surface area contributed by atoms with Crippen molar-refractivity contribution in [3.8, 4) is 0 Å². The molecule has 0 radical (unpaired) electrons. The van der Waals surface area contributed by atoms with Gasteiger partial charge in [0.25, 0.3) is 0 Å². The van der Waals surface area contributed by atoms with Crippen LogP contribution in [0.15, 0.2) is 17.5 Å². The maximum atomic E-state index is 5.07. The molecule has 0 aliphatic carbocycles. The lowest BCUT2D eigenvalue weighted by atomic mass is 10.2.